The highest BCUT2D eigenvalue weighted by Gasteiger charge is 2.28. The van der Waals surface area contributed by atoms with E-state index in [2.05, 4.69) is 24.1 Å². The number of hydrogen-bond donors (Lipinski definition) is 2. The summed E-state index contributed by atoms with van der Waals surface area (Å²) in [5.74, 6) is 0.632. The number of nitrogens with one attached hydrogen (secondary N) is 1. The minimum atomic E-state index is -0.348. The first-order valence-electron chi connectivity index (χ1n) is 7.91. The molecule has 122 valence electrons. The molecule has 1 aliphatic rings. The normalized spacial score (nSPS) is 17.6. The van der Waals surface area contributed by atoms with E-state index in [0.717, 1.165) is 39.0 Å². The highest BCUT2D eigenvalue weighted by Crippen LogP contribution is 2.35. The second kappa shape index (κ2) is 7.56. The highest BCUT2D eigenvalue weighted by molar-refractivity contribution is 5.46. The predicted molar refractivity (Wildman–Crippen MR) is 86.0 cm³/mol. The van der Waals surface area contributed by atoms with E-state index in [1.807, 2.05) is 0 Å². The van der Waals surface area contributed by atoms with Crippen molar-refractivity contribution in [3.8, 4) is 5.75 Å². The summed E-state index contributed by atoms with van der Waals surface area (Å²) < 4.78 is 0. The predicted octanol–water partition coefficient (Wildman–Crippen LogP) is 2.68. The summed E-state index contributed by atoms with van der Waals surface area (Å²) in [5.41, 5.74) is 0.734. The van der Waals surface area contributed by atoms with E-state index in [1.54, 1.807) is 6.07 Å². The third kappa shape index (κ3) is 4.18. The molecule has 0 aliphatic carbocycles. The molecule has 0 bridgehead atoms. The average molecular weight is 307 g/mol. The summed E-state index contributed by atoms with van der Waals surface area (Å²) in [6.07, 6.45) is 1.86. The Balaban J connectivity index is 2.34. The van der Waals surface area contributed by atoms with Crippen LogP contribution in [0.1, 0.15) is 38.3 Å². The first-order chi connectivity index (χ1) is 10.5. The van der Waals surface area contributed by atoms with Crippen LogP contribution >= 0.6 is 0 Å². The van der Waals surface area contributed by atoms with Crippen molar-refractivity contribution in [1.29, 1.82) is 0 Å². The van der Waals surface area contributed by atoms with Crippen molar-refractivity contribution in [2.75, 3.05) is 26.2 Å². The van der Waals surface area contributed by atoms with Crippen LogP contribution in [0.3, 0.4) is 0 Å². The molecule has 0 spiro atoms. The number of hydrogen-bond acceptors (Lipinski definition) is 5. The third-order valence-corrected chi connectivity index (χ3v) is 4.18. The highest BCUT2D eigenvalue weighted by atomic mass is 16.6. The number of phenolic OH excluding ortho intramolecular Hbond substituents is 1. The minimum Gasteiger partial charge on any atom is -0.508 e. The molecule has 6 nitrogen and oxygen atoms in total. The average Bonchev–Trinajstić information content (AvgIpc) is 2.48. The van der Waals surface area contributed by atoms with Crippen LogP contribution in [0, 0.1) is 16.0 Å². The fourth-order valence-corrected chi connectivity index (χ4v) is 2.99. The Morgan fingerprint density at radius 3 is 2.59 bits per heavy atom. The lowest BCUT2D eigenvalue weighted by Crippen LogP contribution is -2.45. The minimum absolute atomic E-state index is 0.0167. The van der Waals surface area contributed by atoms with Gasteiger partial charge in [-0.1, -0.05) is 13.8 Å². The van der Waals surface area contributed by atoms with Gasteiger partial charge in [-0.05, 0) is 30.9 Å². The quantitative estimate of drug-likeness (QED) is 0.624. The Hall–Kier alpha value is -1.66. The van der Waals surface area contributed by atoms with Crippen molar-refractivity contribution in [1.82, 2.24) is 10.2 Å². The summed E-state index contributed by atoms with van der Waals surface area (Å²) in [6, 6.07) is 4.34. The zero-order valence-electron chi connectivity index (χ0n) is 13.3. The number of phenols is 1. The number of benzene rings is 1. The van der Waals surface area contributed by atoms with Crippen LogP contribution in [0.2, 0.25) is 0 Å². The summed E-state index contributed by atoms with van der Waals surface area (Å²) in [7, 11) is 0. The molecule has 1 fully saturated rings. The molecular formula is C16H25N3O3. The summed E-state index contributed by atoms with van der Waals surface area (Å²) in [6.45, 7) is 7.85. The molecule has 1 aromatic rings. The second-order valence-corrected chi connectivity index (χ2v) is 6.27. The van der Waals surface area contributed by atoms with Gasteiger partial charge in [-0.3, -0.25) is 15.0 Å². The molecule has 0 amide bonds. The molecule has 6 heteroatoms. The first kappa shape index (κ1) is 16.7. The van der Waals surface area contributed by atoms with E-state index in [0.29, 0.717) is 11.5 Å². The largest absolute Gasteiger partial charge is 0.508 e. The molecule has 0 saturated carbocycles. The van der Waals surface area contributed by atoms with Gasteiger partial charge in [-0.2, -0.15) is 0 Å². The molecule has 2 rings (SSSR count). The van der Waals surface area contributed by atoms with Gasteiger partial charge in [0, 0.05) is 38.3 Å². The van der Waals surface area contributed by atoms with E-state index in [4.69, 9.17) is 0 Å². The molecule has 1 saturated heterocycles. The number of piperazine rings is 1. The van der Waals surface area contributed by atoms with Gasteiger partial charge in [0.05, 0.1) is 10.5 Å². The van der Waals surface area contributed by atoms with Gasteiger partial charge in [-0.25, -0.2) is 0 Å². The van der Waals surface area contributed by atoms with Crippen LogP contribution in [0.5, 0.6) is 5.75 Å². The lowest BCUT2D eigenvalue weighted by Gasteiger charge is -2.35. The first-order valence-corrected chi connectivity index (χ1v) is 7.91. The van der Waals surface area contributed by atoms with Crippen LogP contribution in [-0.4, -0.2) is 41.1 Å². The topological polar surface area (TPSA) is 78.6 Å². The second-order valence-electron chi connectivity index (χ2n) is 6.27. The Morgan fingerprint density at radius 1 is 1.32 bits per heavy atom. The maximum Gasteiger partial charge on any atom is 0.274 e. The zero-order chi connectivity index (χ0) is 16.1. The lowest BCUT2D eigenvalue weighted by molar-refractivity contribution is -0.386. The van der Waals surface area contributed by atoms with Crippen LogP contribution in [0.4, 0.5) is 5.69 Å². The van der Waals surface area contributed by atoms with Gasteiger partial charge in [0.1, 0.15) is 5.75 Å². The molecule has 1 aliphatic heterocycles. The van der Waals surface area contributed by atoms with Crippen molar-refractivity contribution >= 4 is 5.69 Å². The molecule has 0 unspecified atom stereocenters. The third-order valence-electron chi connectivity index (χ3n) is 4.18. The van der Waals surface area contributed by atoms with E-state index in [-0.39, 0.29) is 22.4 Å². The maximum absolute atomic E-state index is 11.4. The number of nitrogens with zero attached hydrogens (tertiary/aromatic N) is 2. The Bertz CT molecular complexity index is 513. The molecule has 0 aromatic heterocycles. The van der Waals surface area contributed by atoms with Gasteiger partial charge < -0.3 is 10.4 Å². The summed E-state index contributed by atoms with van der Waals surface area (Å²) in [5, 5.41) is 24.5. The number of rotatable bonds is 6. The van der Waals surface area contributed by atoms with Crippen molar-refractivity contribution in [2.24, 2.45) is 5.92 Å². The maximum atomic E-state index is 11.4. The van der Waals surface area contributed by atoms with Gasteiger partial charge in [0.2, 0.25) is 0 Å². The van der Waals surface area contributed by atoms with E-state index in [9.17, 15) is 15.2 Å². The molecule has 0 radical (unpaired) electrons. The van der Waals surface area contributed by atoms with Gasteiger partial charge in [-0.15, -0.1) is 0 Å². The van der Waals surface area contributed by atoms with Crippen molar-refractivity contribution in [3.05, 3.63) is 33.9 Å². The van der Waals surface area contributed by atoms with Crippen molar-refractivity contribution in [3.63, 3.8) is 0 Å². The summed E-state index contributed by atoms with van der Waals surface area (Å²) in [4.78, 5) is 13.3. The fourth-order valence-electron chi connectivity index (χ4n) is 2.99. The van der Waals surface area contributed by atoms with Crippen molar-refractivity contribution < 1.29 is 10.0 Å². The number of nitro benzene ring substituents is 1. The van der Waals surface area contributed by atoms with Crippen LogP contribution < -0.4 is 5.32 Å². The number of aromatic hydroxyl groups is 1. The van der Waals surface area contributed by atoms with Gasteiger partial charge in [0.15, 0.2) is 0 Å². The molecule has 22 heavy (non-hydrogen) atoms. The molecular weight excluding hydrogens is 282 g/mol. The van der Waals surface area contributed by atoms with Crippen molar-refractivity contribution in [2.45, 2.75) is 32.7 Å². The zero-order valence-corrected chi connectivity index (χ0v) is 13.3. The monoisotopic (exact) mass is 307 g/mol. The molecule has 2 N–H and O–H groups in total. The van der Waals surface area contributed by atoms with Gasteiger partial charge >= 0.3 is 0 Å². The molecule has 1 heterocycles. The van der Waals surface area contributed by atoms with Crippen LogP contribution in [0.25, 0.3) is 0 Å². The van der Waals surface area contributed by atoms with Gasteiger partial charge in [0.25, 0.3) is 5.69 Å². The SMILES string of the molecule is CC(C)CC[C@H](c1cc(O)ccc1[N+](=O)[O-])N1CCNCC1. The molecule has 1 atom stereocenters. The summed E-state index contributed by atoms with van der Waals surface area (Å²) >= 11 is 0. The Morgan fingerprint density at radius 2 is 2.00 bits per heavy atom. The van der Waals surface area contributed by atoms with Crippen LogP contribution in [0.15, 0.2) is 18.2 Å². The lowest BCUT2D eigenvalue weighted by atomic mass is 9.94. The molecule has 1 aromatic carbocycles. The Kier molecular flexibility index (Phi) is 5.74. The van der Waals surface area contributed by atoms with E-state index in [1.165, 1.54) is 12.1 Å². The Labute approximate surface area is 131 Å². The number of nitro groups is 1. The standard InChI is InChI=1S/C16H25N3O3/c1-12(2)3-5-15(18-9-7-17-8-10-18)14-11-13(20)4-6-16(14)19(21)22/h4,6,11-12,15,17,20H,3,5,7-10H2,1-2H3/t15-/m1/s1. The van der Waals surface area contributed by atoms with E-state index < -0.39 is 0 Å². The van der Waals surface area contributed by atoms with Crippen LogP contribution in [-0.2, 0) is 0 Å². The fraction of sp³-hybridized carbons (Fsp3) is 0.625. The smallest absolute Gasteiger partial charge is 0.274 e. The van der Waals surface area contributed by atoms with E-state index >= 15 is 0 Å².